The standard InChI is InChI=1S/C24H24F3N5S/c1-23(2)8-7-16(12-30-23)31-22-29-13-19(24(25,26)27)20(32-22)18-6-3-14-11-15(4-5-17(14)18)21-28-9-10-33-21/h4-6,9-11,13,16,30H,3,7-8,12H2,1-2H3,(H,29,31,32)/t16-/m0/s1. The molecule has 3 heterocycles. The van der Waals surface area contributed by atoms with Crippen LogP contribution in [0.3, 0.4) is 0 Å². The van der Waals surface area contributed by atoms with Crippen LogP contribution in [0.15, 0.2) is 42.0 Å². The highest BCUT2D eigenvalue weighted by molar-refractivity contribution is 7.13. The topological polar surface area (TPSA) is 62.7 Å². The molecule has 1 aliphatic carbocycles. The minimum Gasteiger partial charge on any atom is -0.350 e. The summed E-state index contributed by atoms with van der Waals surface area (Å²) in [4.78, 5) is 12.7. The van der Waals surface area contributed by atoms with E-state index in [1.807, 2.05) is 29.7 Å². The van der Waals surface area contributed by atoms with Crippen LogP contribution >= 0.6 is 11.3 Å². The van der Waals surface area contributed by atoms with E-state index in [2.05, 4.69) is 39.4 Å². The second-order valence-corrected chi connectivity index (χ2v) is 10.0. The molecule has 2 aromatic heterocycles. The molecule has 0 radical (unpaired) electrons. The van der Waals surface area contributed by atoms with Crippen molar-refractivity contribution in [2.75, 3.05) is 11.9 Å². The molecule has 0 unspecified atom stereocenters. The maximum Gasteiger partial charge on any atom is 0.419 e. The number of benzene rings is 1. The Morgan fingerprint density at radius 1 is 1.21 bits per heavy atom. The summed E-state index contributed by atoms with van der Waals surface area (Å²) in [5.41, 5.74) is 2.36. The fraction of sp³-hybridized carbons (Fsp3) is 0.375. The van der Waals surface area contributed by atoms with Gasteiger partial charge in [0.1, 0.15) is 10.6 Å². The smallest absolute Gasteiger partial charge is 0.350 e. The van der Waals surface area contributed by atoms with Crippen molar-refractivity contribution in [3.63, 3.8) is 0 Å². The average Bonchev–Trinajstić information content (AvgIpc) is 3.44. The van der Waals surface area contributed by atoms with Gasteiger partial charge in [0.25, 0.3) is 0 Å². The van der Waals surface area contributed by atoms with Crippen molar-refractivity contribution < 1.29 is 13.2 Å². The Bertz CT molecular complexity index is 1190. The van der Waals surface area contributed by atoms with E-state index in [1.165, 1.54) is 11.3 Å². The zero-order valence-electron chi connectivity index (χ0n) is 18.3. The summed E-state index contributed by atoms with van der Waals surface area (Å²) in [6.45, 7) is 4.98. The normalized spacial score (nSPS) is 19.8. The zero-order valence-corrected chi connectivity index (χ0v) is 19.1. The average molecular weight is 472 g/mol. The molecule has 1 fully saturated rings. The maximum absolute atomic E-state index is 13.9. The van der Waals surface area contributed by atoms with Gasteiger partial charge in [-0.15, -0.1) is 11.3 Å². The Morgan fingerprint density at radius 3 is 2.76 bits per heavy atom. The van der Waals surface area contributed by atoms with Crippen LogP contribution in [-0.4, -0.2) is 33.1 Å². The van der Waals surface area contributed by atoms with E-state index in [1.54, 1.807) is 6.20 Å². The maximum atomic E-state index is 13.9. The predicted molar refractivity (Wildman–Crippen MR) is 124 cm³/mol. The lowest BCUT2D eigenvalue weighted by atomic mass is 9.91. The van der Waals surface area contributed by atoms with Gasteiger partial charge in [-0.2, -0.15) is 13.2 Å². The first-order valence-corrected chi connectivity index (χ1v) is 11.8. The van der Waals surface area contributed by atoms with Gasteiger partial charge in [0, 0.05) is 47.0 Å². The lowest BCUT2D eigenvalue weighted by molar-refractivity contribution is -0.138. The van der Waals surface area contributed by atoms with Crippen molar-refractivity contribution in [2.24, 2.45) is 0 Å². The minimum atomic E-state index is -4.55. The number of halogens is 3. The van der Waals surface area contributed by atoms with Crippen LogP contribution in [0.2, 0.25) is 0 Å². The van der Waals surface area contributed by atoms with Crippen molar-refractivity contribution in [3.8, 4) is 10.6 Å². The van der Waals surface area contributed by atoms with Gasteiger partial charge in [-0.1, -0.05) is 18.2 Å². The van der Waals surface area contributed by atoms with E-state index >= 15 is 0 Å². The zero-order chi connectivity index (χ0) is 23.2. The predicted octanol–water partition coefficient (Wildman–Crippen LogP) is 5.55. The van der Waals surface area contributed by atoms with E-state index in [0.29, 0.717) is 18.5 Å². The Labute approximate surface area is 194 Å². The minimum absolute atomic E-state index is 0.0557. The molecule has 9 heteroatoms. The number of nitrogens with zero attached hydrogens (tertiary/aromatic N) is 3. The lowest BCUT2D eigenvalue weighted by Gasteiger charge is -2.36. The third kappa shape index (κ3) is 4.52. The molecule has 5 nitrogen and oxygen atoms in total. The van der Waals surface area contributed by atoms with Crippen LogP contribution in [0.4, 0.5) is 19.1 Å². The van der Waals surface area contributed by atoms with Crippen LogP contribution in [0.25, 0.3) is 16.1 Å². The summed E-state index contributed by atoms with van der Waals surface area (Å²) in [6.07, 6.45) is 2.31. The number of allylic oxidation sites excluding steroid dienone is 1. The van der Waals surface area contributed by atoms with Crippen LogP contribution in [0, 0.1) is 0 Å². The van der Waals surface area contributed by atoms with Gasteiger partial charge in [-0.25, -0.2) is 15.0 Å². The molecular formula is C24H24F3N5S. The number of hydrogen-bond donors (Lipinski definition) is 2. The summed E-state index contributed by atoms with van der Waals surface area (Å²) in [6, 6.07) is 5.84. The number of fused-ring (bicyclic) bond motifs is 1. The molecule has 0 bridgehead atoms. The van der Waals surface area contributed by atoms with E-state index in [9.17, 15) is 13.2 Å². The Hall–Kier alpha value is -2.78. The van der Waals surface area contributed by atoms with Crippen molar-refractivity contribution >= 4 is 22.9 Å². The number of aromatic nitrogens is 3. The Morgan fingerprint density at radius 2 is 2.06 bits per heavy atom. The van der Waals surface area contributed by atoms with E-state index in [4.69, 9.17) is 0 Å². The van der Waals surface area contributed by atoms with Crippen molar-refractivity contribution in [1.29, 1.82) is 0 Å². The van der Waals surface area contributed by atoms with Crippen molar-refractivity contribution in [1.82, 2.24) is 20.3 Å². The van der Waals surface area contributed by atoms with E-state index < -0.39 is 11.7 Å². The molecule has 1 atom stereocenters. The monoisotopic (exact) mass is 471 g/mol. The third-order valence-electron chi connectivity index (χ3n) is 6.23. The van der Waals surface area contributed by atoms with Crippen LogP contribution in [0.1, 0.15) is 49.1 Å². The molecule has 0 spiro atoms. The van der Waals surface area contributed by atoms with Gasteiger partial charge >= 0.3 is 6.18 Å². The highest BCUT2D eigenvalue weighted by atomic mass is 32.1. The summed E-state index contributed by atoms with van der Waals surface area (Å²) >= 11 is 1.53. The highest BCUT2D eigenvalue weighted by Crippen LogP contribution is 2.40. The summed E-state index contributed by atoms with van der Waals surface area (Å²) in [5, 5.41) is 9.47. The van der Waals surface area contributed by atoms with Gasteiger partial charge in [0.05, 0.1) is 5.69 Å². The fourth-order valence-corrected chi connectivity index (χ4v) is 5.00. The van der Waals surface area contributed by atoms with Crippen molar-refractivity contribution in [3.05, 3.63) is 64.4 Å². The quantitative estimate of drug-likeness (QED) is 0.523. The summed E-state index contributed by atoms with van der Waals surface area (Å²) < 4.78 is 41.6. The molecule has 1 aliphatic heterocycles. The first kappa shape index (κ1) is 22.0. The molecule has 5 rings (SSSR count). The Balaban J connectivity index is 1.47. The summed E-state index contributed by atoms with van der Waals surface area (Å²) in [7, 11) is 0. The van der Waals surface area contributed by atoms with E-state index in [0.717, 1.165) is 40.7 Å². The molecule has 0 saturated carbocycles. The van der Waals surface area contributed by atoms with Gasteiger partial charge in [0.15, 0.2) is 0 Å². The van der Waals surface area contributed by atoms with Crippen LogP contribution < -0.4 is 10.6 Å². The fourth-order valence-electron chi connectivity index (χ4n) is 4.37. The second-order valence-electron chi connectivity index (χ2n) is 9.13. The molecular weight excluding hydrogens is 447 g/mol. The molecule has 33 heavy (non-hydrogen) atoms. The van der Waals surface area contributed by atoms with Crippen LogP contribution in [-0.2, 0) is 12.6 Å². The number of alkyl halides is 3. The van der Waals surface area contributed by atoms with Gasteiger partial charge in [-0.05, 0) is 50.3 Å². The molecule has 3 aromatic rings. The lowest BCUT2D eigenvalue weighted by Crippen LogP contribution is -2.50. The largest absolute Gasteiger partial charge is 0.419 e. The SMILES string of the molecule is CC1(C)CC[C@H](Nc2ncc(C(F)(F)F)c(C3=CCc4cc(-c5nccs5)ccc43)n2)CN1. The summed E-state index contributed by atoms with van der Waals surface area (Å²) in [5.74, 6) is 0.221. The van der Waals surface area contributed by atoms with Crippen LogP contribution in [0.5, 0.6) is 0 Å². The molecule has 1 aromatic carbocycles. The number of piperidine rings is 1. The van der Waals surface area contributed by atoms with Gasteiger partial charge in [-0.3, -0.25) is 0 Å². The Kier molecular flexibility index (Phi) is 5.49. The second kappa shape index (κ2) is 8.22. The molecule has 1 saturated heterocycles. The molecule has 2 aliphatic rings. The molecule has 172 valence electrons. The van der Waals surface area contributed by atoms with Gasteiger partial charge in [0.2, 0.25) is 5.95 Å². The third-order valence-corrected chi connectivity index (χ3v) is 7.05. The van der Waals surface area contributed by atoms with E-state index in [-0.39, 0.29) is 23.2 Å². The first-order chi connectivity index (χ1) is 15.7. The molecule has 2 N–H and O–H groups in total. The highest BCUT2D eigenvalue weighted by Gasteiger charge is 2.37. The first-order valence-electron chi connectivity index (χ1n) is 10.9. The number of thiazole rings is 1. The molecule has 0 amide bonds. The van der Waals surface area contributed by atoms with Crippen molar-refractivity contribution in [2.45, 2.75) is 50.9 Å². The number of anilines is 1. The number of nitrogens with one attached hydrogen (secondary N) is 2. The number of rotatable bonds is 4. The van der Waals surface area contributed by atoms with Gasteiger partial charge < -0.3 is 10.6 Å². The number of hydrogen-bond acceptors (Lipinski definition) is 6.